The maximum atomic E-state index is 12.2. The van der Waals surface area contributed by atoms with E-state index in [0.717, 1.165) is 0 Å². The van der Waals surface area contributed by atoms with Gasteiger partial charge in [-0.3, -0.25) is 9.59 Å². The number of hydrogen-bond donors (Lipinski definition) is 2. The Morgan fingerprint density at radius 3 is 2.75 bits per heavy atom. The highest BCUT2D eigenvalue weighted by molar-refractivity contribution is 5.97. The second-order valence-corrected chi connectivity index (χ2v) is 4.27. The van der Waals surface area contributed by atoms with Gasteiger partial charge in [0.15, 0.2) is 0 Å². The van der Waals surface area contributed by atoms with E-state index in [0.29, 0.717) is 24.3 Å². The minimum absolute atomic E-state index is 0.0993. The maximum Gasteiger partial charge on any atom is 0.305 e. The van der Waals surface area contributed by atoms with Gasteiger partial charge in [0, 0.05) is 6.04 Å². The van der Waals surface area contributed by atoms with E-state index in [2.05, 4.69) is 11.9 Å². The molecule has 5 nitrogen and oxygen atoms in total. The van der Waals surface area contributed by atoms with Crippen molar-refractivity contribution in [2.24, 2.45) is 0 Å². The summed E-state index contributed by atoms with van der Waals surface area (Å²) in [5.74, 6) is -0.818. The zero-order chi connectivity index (χ0) is 15.0. The van der Waals surface area contributed by atoms with Gasteiger partial charge in [0.2, 0.25) is 0 Å². The molecule has 0 saturated carbocycles. The van der Waals surface area contributed by atoms with Gasteiger partial charge in [-0.1, -0.05) is 31.7 Å². The fourth-order valence-corrected chi connectivity index (χ4v) is 1.70. The average Bonchev–Trinajstić information content (AvgIpc) is 2.44. The van der Waals surface area contributed by atoms with Crippen LogP contribution in [0.5, 0.6) is 5.75 Å². The van der Waals surface area contributed by atoms with Crippen molar-refractivity contribution in [3.8, 4) is 5.75 Å². The van der Waals surface area contributed by atoms with Gasteiger partial charge < -0.3 is 15.2 Å². The van der Waals surface area contributed by atoms with Gasteiger partial charge in [0.05, 0.1) is 12.0 Å². The van der Waals surface area contributed by atoms with Gasteiger partial charge in [-0.2, -0.15) is 0 Å². The smallest absolute Gasteiger partial charge is 0.305 e. The Morgan fingerprint density at radius 2 is 2.15 bits per heavy atom. The summed E-state index contributed by atoms with van der Waals surface area (Å²) in [5.41, 5.74) is 0.387. The Kier molecular flexibility index (Phi) is 6.29. The lowest BCUT2D eigenvalue weighted by molar-refractivity contribution is -0.137. The number of nitrogens with one attached hydrogen (secondary N) is 1. The van der Waals surface area contributed by atoms with Crippen molar-refractivity contribution in [3.63, 3.8) is 0 Å². The van der Waals surface area contributed by atoms with Gasteiger partial charge in [-0.05, 0) is 18.6 Å². The summed E-state index contributed by atoms with van der Waals surface area (Å²) in [6.45, 7) is 5.68. The zero-order valence-corrected chi connectivity index (χ0v) is 11.5. The van der Waals surface area contributed by atoms with E-state index < -0.39 is 12.0 Å². The van der Waals surface area contributed by atoms with E-state index in [9.17, 15) is 9.59 Å². The summed E-state index contributed by atoms with van der Waals surface area (Å²) >= 11 is 0. The van der Waals surface area contributed by atoms with Crippen LogP contribution in [0, 0.1) is 0 Å². The van der Waals surface area contributed by atoms with Crippen LogP contribution in [0.4, 0.5) is 0 Å². The van der Waals surface area contributed by atoms with Crippen LogP contribution in [0.25, 0.3) is 0 Å². The Hall–Kier alpha value is -2.30. The number of aliphatic carboxylic acids is 1. The molecule has 5 heteroatoms. The quantitative estimate of drug-likeness (QED) is 0.714. The number of rotatable bonds is 8. The molecule has 1 atom stereocenters. The molecule has 0 aliphatic heterocycles. The van der Waals surface area contributed by atoms with Crippen molar-refractivity contribution in [3.05, 3.63) is 42.5 Å². The van der Waals surface area contributed by atoms with Gasteiger partial charge in [-0.25, -0.2) is 0 Å². The molecule has 0 radical (unpaired) electrons. The monoisotopic (exact) mass is 277 g/mol. The molecule has 108 valence electrons. The Balaban J connectivity index is 2.80. The van der Waals surface area contributed by atoms with E-state index in [1.165, 1.54) is 0 Å². The van der Waals surface area contributed by atoms with Crippen LogP contribution in [0.15, 0.2) is 36.9 Å². The SMILES string of the molecule is C=CCOc1ccccc1C(=O)NC(CC)CC(=O)O. The molecule has 1 unspecified atom stereocenters. The molecule has 1 amide bonds. The first-order chi connectivity index (χ1) is 9.58. The van der Waals surface area contributed by atoms with Crippen molar-refractivity contribution >= 4 is 11.9 Å². The Labute approximate surface area is 118 Å². The van der Waals surface area contributed by atoms with E-state index >= 15 is 0 Å². The van der Waals surface area contributed by atoms with Crippen LogP contribution >= 0.6 is 0 Å². The molecule has 1 aromatic carbocycles. The zero-order valence-electron chi connectivity index (χ0n) is 11.5. The minimum atomic E-state index is -0.937. The molecule has 1 aromatic rings. The summed E-state index contributed by atoms with van der Waals surface area (Å²) in [6.07, 6.45) is 2.04. The van der Waals surface area contributed by atoms with E-state index in [1.807, 2.05) is 6.92 Å². The second-order valence-electron chi connectivity index (χ2n) is 4.27. The third-order valence-electron chi connectivity index (χ3n) is 2.74. The van der Waals surface area contributed by atoms with Crippen molar-refractivity contribution in [1.82, 2.24) is 5.32 Å². The van der Waals surface area contributed by atoms with Crippen LogP contribution in [0.3, 0.4) is 0 Å². The first kappa shape index (κ1) is 15.8. The first-order valence-electron chi connectivity index (χ1n) is 6.43. The molecular formula is C15H19NO4. The van der Waals surface area contributed by atoms with Crippen LogP contribution in [-0.2, 0) is 4.79 Å². The molecule has 1 rings (SSSR count). The van der Waals surface area contributed by atoms with E-state index in [4.69, 9.17) is 9.84 Å². The number of benzene rings is 1. The highest BCUT2D eigenvalue weighted by Crippen LogP contribution is 2.18. The largest absolute Gasteiger partial charge is 0.489 e. The molecule has 0 bridgehead atoms. The summed E-state index contributed by atoms with van der Waals surface area (Å²) in [5, 5.41) is 11.5. The molecule has 0 spiro atoms. The maximum absolute atomic E-state index is 12.2. The summed E-state index contributed by atoms with van der Waals surface area (Å²) < 4.78 is 5.41. The second kappa shape index (κ2) is 7.99. The summed E-state index contributed by atoms with van der Waals surface area (Å²) in [7, 11) is 0. The molecule has 0 heterocycles. The van der Waals surface area contributed by atoms with E-state index in [1.54, 1.807) is 30.3 Å². The lowest BCUT2D eigenvalue weighted by Crippen LogP contribution is -2.36. The average molecular weight is 277 g/mol. The Morgan fingerprint density at radius 1 is 1.45 bits per heavy atom. The van der Waals surface area contributed by atoms with E-state index in [-0.39, 0.29) is 12.3 Å². The number of carbonyl (C=O) groups excluding carboxylic acids is 1. The highest BCUT2D eigenvalue weighted by Gasteiger charge is 2.17. The Bertz CT molecular complexity index is 485. The van der Waals surface area contributed by atoms with Gasteiger partial charge in [-0.15, -0.1) is 0 Å². The minimum Gasteiger partial charge on any atom is -0.489 e. The van der Waals surface area contributed by atoms with Crippen LogP contribution in [0.2, 0.25) is 0 Å². The molecule has 20 heavy (non-hydrogen) atoms. The third-order valence-corrected chi connectivity index (χ3v) is 2.74. The molecule has 2 N–H and O–H groups in total. The molecule has 0 saturated heterocycles. The first-order valence-corrected chi connectivity index (χ1v) is 6.43. The van der Waals surface area contributed by atoms with Crippen molar-refractivity contribution < 1.29 is 19.4 Å². The fraction of sp³-hybridized carbons (Fsp3) is 0.333. The molecular weight excluding hydrogens is 258 g/mol. The molecule has 0 aliphatic rings. The number of hydrogen-bond acceptors (Lipinski definition) is 3. The van der Waals surface area contributed by atoms with Gasteiger partial charge >= 0.3 is 5.97 Å². The van der Waals surface area contributed by atoms with Crippen LogP contribution in [0.1, 0.15) is 30.1 Å². The van der Waals surface area contributed by atoms with Crippen LogP contribution in [-0.4, -0.2) is 29.6 Å². The topological polar surface area (TPSA) is 75.6 Å². The molecule has 0 fully saturated rings. The number of carbonyl (C=O) groups is 2. The predicted octanol–water partition coefficient (Wildman–Crippen LogP) is 2.23. The third kappa shape index (κ3) is 4.76. The number of carboxylic acid groups (broad SMARTS) is 1. The summed E-state index contributed by atoms with van der Waals surface area (Å²) in [6, 6.07) is 6.43. The number of carboxylic acids is 1. The fourth-order valence-electron chi connectivity index (χ4n) is 1.70. The van der Waals surface area contributed by atoms with Crippen molar-refractivity contribution in [1.29, 1.82) is 0 Å². The lowest BCUT2D eigenvalue weighted by atomic mass is 10.1. The highest BCUT2D eigenvalue weighted by atomic mass is 16.5. The van der Waals surface area contributed by atoms with Gasteiger partial charge in [0.25, 0.3) is 5.91 Å². The number of para-hydroxylation sites is 1. The normalized spacial score (nSPS) is 11.4. The molecule has 0 aromatic heterocycles. The predicted molar refractivity (Wildman–Crippen MR) is 75.9 cm³/mol. The van der Waals surface area contributed by atoms with Gasteiger partial charge in [0.1, 0.15) is 12.4 Å². The molecule has 0 aliphatic carbocycles. The van der Waals surface area contributed by atoms with Crippen LogP contribution < -0.4 is 10.1 Å². The lowest BCUT2D eigenvalue weighted by Gasteiger charge is -2.16. The standard InChI is InChI=1S/C15H19NO4/c1-3-9-20-13-8-6-5-7-12(13)15(19)16-11(4-2)10-14(17)18/h3,5-8,11H,1,4,9-10H2,2H3,(H,16,19)(H,17,18). The number of amides is 1. The van der Waals surface area contributed by atoms with Crippen molar-refractivity contribution in [2.75, 3.05) is 6.61 Å². The summed E-state index contributed by atoms with van der Waals surface area (Å²) in [4.78, 5) is 22.9. The van der Waals surface area contributed by atoms with Crippen molar-refractivity contribution in [2.45, 2.75) is 25.8 Å². The number of ether oxygens (including phenoxy) is 1.